The fraction of sp³-hybridized carbons (Fsp3) is 0.238. The lowest BCUT2D eigenvalue weighted by Gasteiger charge is -2.23. The third-order valence-corrected chi connectivity index (χ3v) is 4.83. The second-order valence-corrected chi connectivity index (χ2v) is 7.63. The Morgan fingerprint density at radius 3 is 2.80 bits per heavy atom. The molecular formula is C21H20ClFN6O. The van der Waals surface area contributed by atoms with Gasteiger partial charge in [-0.3, -0.25) is 14.8 Å². The van der Waals surface area contributed by atoms with Gasteiger partial charge in [-0.2, -0.15) is 5.01 Å². The Labute approximate surface area is 178 Å². The minimum Gasteiger partial charge on any atom is -0.349 e. The number of nitrogens with zero attached hydrogens (tertiary/aromatic N) is 4. The van der Waals surface area contributed by atoms with Crippen LogP contribution < -0.4 is 10.7 Å². The van der Waals surface area contributed by atoms with Crippen molar-refractivity contribution >= 4 is 41.5 Å². The lowest BCUT2D eigenvalue weighted by atomic mass is 9.98. The summed E-state index contributed by atoms with van der Waals surface area (Å²) >= 11 is 6.33. The number of carbonyl (C=O) groups is 1. The van der Waals surface area contributed by atoms with Crippen molar-refractivity contribution < 1.29 is 9.18 Å². The first-order valence-electron chi connectivity index (χ1n) is 9.46. The van der Waals surface area contributed by atoms with Crippen molar-refractivity contribution in [1.82, 2.24) is 15.8 Å². The van der Waals surface area contributed by atoms with Crippen LogP contribution in [0.4, 0.5) is 10.1 Å². The molecule has 2 aromatic carbocycles. The molecule has 2 aromatic rings. The number of fused-ring (bicyclic) bond motifs is 1. The second-order valence-electron chi connectivity index (χ2n) is 7.20. The molecule has 1 unspecified atom stereocenters. The van der Waals surface area contributed by atoms with E-state index in [9.17, 15) is 9.18 Å². The smallest absolute Gasteiger partial charge is 0.269 e. The van der Waals surface area contributed by atoms with Gasteiger partial charge in [0.2, 0.25) is 0 Å². The molecule has 0 spiro atoms. The van der Waals surface area contributed by atoms with E-state index < -0.39 is 6.17 Å². The van der Waals surface area contributed by atoms with Gasteiger partial charge < -0.3 is 10.7 Å². The minimum atomic E-state index is -0.717. The average molecular weight is 427 g/mol. The molecule has 0 bridgehead atoms. The zero-order valence-electron chi connectivity index (χ0n) is 16.4. The van der Waals surface area contributed by atoms with Crippen molar-refractivity contribution in [1.29, 1.82) is 0 Å². The maximum absolute atomic E-state index is 14.5. The van der Waals surface area contributed by atoms with Crippen molar-refractivity contribution in [2.24, 2.45) is 15.0 Å². The van der Waals surface area contributed by atoms with Crippen molar-refractivity contribution in [3.05, 3.63) is 52.8 Å². The van der Waals surface area contributed by atoms with Crippen LogP contribution in [0.15, 0.2) is 51.4 Å². The van der Waals surface area contributed by atoms with E-state index in [1.54, 1.807) is 41.6 Å². The summed E-state index contributed by atoms with van der Waals surface area (Å²) in [6, 6.07) is 9.66. The second kappa shape index (κ2) is 8.33. The maximum atomic E-state index is 14.5. The molecule has 4 rings (SSSR count). The Hall–Kier alpha value is -3.10. The highest BCUT2D eigenvalue weighted by Gasteiger charge is 2.32. The molecule has 0 saturated carbocycles. The van der Waals surface area contributed by atoms with Crippen LogP contribution in [0, 0.1) is 5.82 Å². The van der Waals surface area contributed by atoms with Gasteiger partial charge in [-0.1, -0.05) is 29.8 Å². The van der Waals surface area contributed by atoms with Gasteiger partial charge in [-0.15, -0.1) is 0 Å². The molecule has 0 fully saturated rings. The molecule has 2 heterocycles. The zero-order valence-corrected chi connectivity index (χ0v) is 17.2. The third kappa shape index (κ3) is 3.96. The molecule has 0 saturated heterocycles. The summed E-state index contributed by atoms with van der Waals surface area (Å²) in [6.07, 6.45) is 2.43. The van der Waals surface area contributed by atoms with Crippen molar-refractivity contribution in [3.63, 3.8) is 0 Å². The number of hydrogen-bond donors (Lipinski definition) is 2. The maximum Gasteiger partial charge on any atom is 0.269 e. The van der Waals surface area contributed by atoms with E-state index in [1.807, 2.05) is 13.8 Å². The number of aliphatic imine (C=N–C) groups is 3. The van der Waals surface area contributed by atoms with Crippen molar-refractivity contribution in [2.75, 3.05) is 6.67 Å². The van der Waals surface area contributed by atoms with E-state index in [0.717, 1.165) is 0 Å². The fourth-order valence-corrected chi connectivity index (χ4v) is 3.51. The van der Waals surface area contributed by atoms with Crippen LogP contribution in [0.25, 0.3) is 11.1 Å². The first kappa shape index (κ1) is 20.2. The number of carbonyl (C=O) groups excluding carboxylic acids is 1. The van der Waals surface area contributed by atoms with E-state index in [4.69, 9.17) is 11.6 Å². The summed E-state index contributed by atoms with van der Waals surface area (Å²) < 4.78 is 14.5. The highest BCUT2D eigenvalue weighted by molar-refractivity contribution is 6.42. The predicted octanol–water partition coefficient (Wildman–Crippen LogP) is 3.31. The molecule has 2 aliphatic heterocycles. The summed E-state index contributed by atoms with van der Waals surface area (Å²) in [6.45, 7) is 4.05. The quantitative estimate of drug-likeness (QED) is 0.787. The molecule has 9 heteroatoms. The molecule has 7 nitrogen and oxygen atoms in total. The average Bonchev–Trinajstić information content (AvgIpc) is 3.15. The molecule has 2 N–H and O–H groups in total. The van der Waals surface area contributed by atoms with Gasteiger partial charge in [0.25, 0.3) is 5.91 Å². The van der Waals surface area contributed by atoms with Crippen molar-refractivity contribution in [3.8, 4) is 11.1 Å². The van der Waals surface area contributed by atoms with Crippen LogP contribution in [-0.4, -0.2) is 48.1 Å². The summed E-state index contributed by atoms with van der Waals surface area (Å²) in [4.78, 5) is 26.3. The Kier molecular flexibility index (Phi) is 5.61. The Bertz CT molecular complexity index is 1070. The molecule has 30 heavy (non-hydrogen) atoms. The standard InChI is InChI=1S/C21H20ClFN6O/c1-12(2)27-21(30)19-20(29-11-24-10-26-29)25-9-16-15(7-13(22)8-18(16)28-19)14-5-3-4-6-17(14)23/h3-10,12,20H,11H2,1-2H3,(H,24,26)(H,27,30). The summed E-state index contributed by atoms with van der Waals surface area (Å²) in [5, 5.41) is 4.93. The van der Waals surface area contributed by atoms with Gasteiger partial charge in [-0.05, 0) is 37.6 Å². The Morgan fingerprint density at radius 2 is 2.10 bits per heavy atom. The first-order chi connectivity index (χ1) is 14.4. The summed E-state index contributed by atoms with van der Waals surface area (Å²) in [7, 11) is 0. The highest BCUT2D eigenvalue weighted by atomic mass is 35.5. The lowest BCUT2D eigenvalue weighted by molar-refractivity contribution is -0.115. The number of nitrogens with one attached hydrogen (secondary N) is 2. The predicted molar refractivity (Wildman–Crippen MR) is 117 cm³/mol. The third-order valence-electron chi connectivity index (χ3n) is 4.61. The molecular weight excluding hydrogens is 407 g/mol. The van der Waals surface area contributed by atoms with Gasteiger partial charge in [0.1, 0.15) is 18.2 Å². The SMILES string of the molecule is CC(C)NC(=O)C1=Nc2cc(Cl)cc(-c3ccccc3F)c2C=NC1N1CN=CN1. The summed E-state index contributed by atoms with van der Waals surface area (Å²) in [5.74, 6) is -0.728. The Morgan fingerprint density at radius 1 is 1.30 bits per heavy atom. The van der Waals surface area contributed by atoms with Crippen LogP contribution in [0.3, 0.4) is 0 Å². The zero-order chi connectivity index (χ0) is 21.3. The number of benzene rings is 2. The normalized spacial score (nSPS) is 18.0. The van der Waals surface area contributed by atoms with E-state index in [2.05, 4.69) is 25.7 Å². The van der Waals surface area contributed by atoms with Crippen LogP contribution in [0.5, 0.6) is 0 Å². The Balaban J connectivity index is 1.88. The molecule has 0 aromatic heterocycles. The monoisotopic (exact) mass is 426 g/mol. The molecule has 2 aliphatic rings. The minimum absolute atomic E-state index is 0.0799. The number of hydrazine groups is 1. The van der Waals surface area contributed by atoms with E-state index in [1.165, 1.54) is 12.4 Å². The van der Waals surface area contributed by atoms with Gasteiger partial charge in [-0.25, -0.2) is 9.38 Å². The van der Waals surface area contributed by atoms with Crippen molar-refractivity contribution in [2.45, 2.75) is 26.1 Å². The number of halogens is 2. The van der Waals surface area contributed by atoms with Crippen LogP contribution >= 0.6 is 11.6 Å². The van der Waals surface area contributed by atoms with E-state index in [-0.39, 0.29) is 23.5 Å². The van der Waals surface area contributed by atoms with Crippen LogP contribution in [0.1, 0.15) is 19.4 Å². The molecule has 1 atom stereocenters. The lowest BCUT2D eigenvalue weighted by Crippen LogP contribution is -2.50. The highest BCUT2D eigenvalue weighted by Crippen LogP contribution is 2.36. The van der Waals surface area contributed by atoms with Gasteiger partial charge in [0.15, 0.2) is 6.17 Å². The van der Waals surface area contributed by atoms with E-state index >= 15 is 0 Å². The number of hydrogen-bond acceptors (Lipinski definition) is 6. The molecule has 154 valence electrons. The molecule has 0 radical (unpaired) electrons. The molecule has 1 amide bonds. The van der Waals surface area contributed by atoms with Gasteiger partial charge >= 0.3 is 0 Å². The fourth-order valence-electron chi connectivity index (χ4n) is 3.30. The largest absolute Gasteiger partial charge is 0.349 e. The first-order valence-corrected chi connectivity index (χ1v) is 9.84. The number of rotatable bonds is 4. The van der Waals surface area contributed by atoms with Gasteiger partial charge in [0, 0.05) is 28.4 Å². The topological polar surface area (TPSA) is 81.5 Å². The van der Waals surface area contributed by atoms with Gasteiger partial charge in [0.05, 0.1) is 12.0 Å². The summed E-state index contributed by atoms with van der Waals surface area (Å²) in [5.41, 5.74) is 5.13. The van der Waals surface area contributed by atoms with E-state index in [0.29, 0.717) is 34.1 Å². The van der Waals surface area contributed by atoms with Crippen LogP contribution in [0.2, 0.25) is 5.02 Å². The number of amides is 1. The molecule has 0 aliphatic carbocycles. The van der Waals surface area contributed by atoms with Crippen LogP contribution in [-0.2, 0) is 4.79 Å².